The number of anilines is 2. The predicted molar refractivity (Wildman–Crippen MR) is 104 cm³/mol. The molecule has 0 aromatic carbocycles. The summed E-state index contributed by atoms with van der Waals surface area (Å²) in [5, 5.41) is 15.9. The molecule has 10 heteroatoms. The molecular weight excluding hydrogens is 401 g/mol. The molecule has 0 aliphatic heterocycles. The fourth-order valence-corrected chi connectivity index (χ4v) is 4.61. The second kappa shape index (κ2) is 9.02. The Morgan fingerprint density at radius 3 is 2.84 bits per heavy atom. The van der Waals surface area contributed by atoms with Crippen molar-refractivity contribution in [2.24, 2.45) is 0 Å². The van der Waals surface area contributed by atoms with E-state index < -0.39 is 0 Å². The van der Waals surface area contributed by atoms with Gasteiger partial charge in [0.2, 0.25) is 11.0 Å². The first kappa shape index (κ1) is 18.7. The zero-order valence-electron chi connectivity index (χ0n) is 13.3. The fourth-order valence-electron chi connectivity index (χ4n) is 2.55. The number of amides is 1. The highest BCUT2D eigenvalue weighted by Gasteiger charge is 2.16. The van der Waals surface area contributed by atoms with Crippen LogP contribution in [0.25, 0.3) is 0 Å². The summed E-state index contributed by atoms with van der Waals surface area (Å²) in [4.78, 5) is 16.0. The van der Waals surface area contributed by atoms with Crippen molar-refractivity contribution in [2.75, 3.05) is 16.4 Å². The van der Waals surface area contributed by atoms with E-state index in [1.54, 1.807) is 0 Å². The van der Waals surface area contributed by atoms with Gasteiger partial charge in [-0.1, -0.05) is 65.6 Å². The van der Waals surface area contributed by atoms with Crippen molar-refractivity contribution in [3.05, 3.63) is 22.3 Å². The van der Waals surface area contributed by atoms with Crippen molar-refractivity contribution in [1.29, 1.82) is 0 Å². The standard InChI is InChI=1S/C15H17Cl2N5OS2/c16-9-6-11(17)13(18-7-9)20-12(23)8-24-15-22-21-14(25-15)19-10-4-2-1-3-5-10/h6-7,10H,1-5,8H2,(H,19,21)(H,18,20,23). The Kier molecular flexibility index (Phi) is 6.75. The molecule has 1 saturated carbocycles. The van der Waals surface area contributed by atoms with Gasteiger partial charge in [0.05, 0.1) is 15.8 Å². The number of aromatic nitrogens is 3. The summed E-state index contributed by atoms with van der Waals surface area (Å²) in [6, 6.07) is 2.02. The average molecular weight is 418 g/mol. The molecule has 2 aromatic rings. The van der Waals surface area contributed by atoms with E-state index in [0.717, 1.165) is 9.47 Å². The van der Waals surface area contributed by atoms with Gasteiger partial charge in [0, 0.05) is 12.2 Å². The van der Waals surface area contributed by atoms with Crippen LogP contribution in [0.4, 0.5) is 10.9 Å². The number of rotatable bonds is 6. The van der Waals surface area contributed by atoms with Crippen LogP contribution in [0.2, 0.25) is 10.0 Å². The first-order chi connectivity index (χ1) is 12.1. The molecule has 2 heterocycles. The van der Waals surface area contributed by atoms with Gasteiger partial charge in [-0.05, 0) is 18.9 Å². The number of halogens is 2. The van der Waals surface area contributed by atoms with Crippen molar-refractivity contribution >= 4 is 63.2 Å². The molecule has 1 amide bonds. The van der Waals surface area contributed by atoms with E-state index in [1.165, 1.54) is 67.5 Å². The summed E-state index contributed by atoms with van der Waals surface area (Å²) in [7, 11) is 0. The number of hydrogen-bond donors (Lipinski definition) is 2. The number of thioether (sulfide) groups is 1. The van der Waals surface area contributed by atoms with E-state index in [2.05, 4.69) is 25.8 Å². The van der Waals surface area contributed by atoms with Crippen molar-refractivity contribution in [3.8, 4) is 0 Å². The number of carbonyl (C=O) groups is 1. The molecule has 0 saturated heterocycles. The molecule has 3 rings (SSSR count). The summed E-state index contributed by atoms with van der Waals surface area (Å²) >= 11 is 14.6. The zero-order valence-corrected chi connectivity index (χ0v) is 16.4. The first-order valence-corrected chi connectivity index (χ1v) is 10.5. The van der Waals surface area contributed by atoms with Gasteiger partial charge in [-0.3, -0.25) is 4.79 Å². The highest BCUT2D eigenvalue weighted by atomic mass is 35.5. The van der Waals surface area contributed by atoms with Crippen LogP contribution in [0, 0.1) is 0 Å². The van der Waals surface area contributed by atoms with E-state index in [4.69, 9.17) is 23.2 Å². The van der Waals surface area contributed by atoms with Crippen molar-refractivity contribution in [3.63, 3.8) is 0 Å². The van der Waals surface area contributed by atoms with Gasteiger partial charge in [-0.2, -0.15) is 0 Å². The Bertz CT molecular complexity index is 736. The summed E-state index contributed by atoms with van der Waals surface area (Å²) in [5.74, 6) is 0.297. The number of pyridine rings is 1. The van der Waals surface area contributed by atoms with E-state index in [9.17, 15) is 4.79 Å². The maximum Gasteiger partial charge on any atom is 0.236 e. The van der Waals surface area contributed by atoms with Crippen LogP contribution in [0.5, 0.6) is 0 Å². The molecule has 0 atom stereocenters. The van der Waals surface area contributed by atoms with Crippen LogP contribution in [0.15, 0.2) is 16.6 Å². The lowest BCUT2D eigenvalue weighted by atomic mass is 9.96. The smallest absolute Gasteiger partial charge is 0.236 e. The number of hydrogen-bond acceptors (Lipinski definition) is 7. The predicted octanol–water partition coefficient (Wildman–Crippen LogP) is 4.72. The van der Waals surface area contributed by atoms with E-state index in [0.29, 0.717) is 21.9 Å². The minimum atomic E-state index is -0.210. The lowest BCUT2D eigenvalue weighted by molar-refractivity contribution is -0.113. The molecule has 1 aliphatic carbocycles. The molecular formula is C15H17Cl2N5OS2. The normalized spacial score (nSPS) is 15.1. The van der Waals surface area contributed by atoms with Crippen molar-refractivity contribution < 1.29 is 4.79 Å². The molecule has 0 radical (unpaired) electrons. The summed E-state index contributed by atoms with van der Waals surface area (Å²) in [6.07, 6.45) is 7.64. The highest BCUT2D eigenvalue weighted by molar-refractivity contribution is 8.01. The van der Waals surface area contributed by atoms with Crippen LogP contribution in [0.3, 0.4) is 0 Å². The monoisotopic (exact) mass is 417 g/mol. The summed E-state index contributed by atoms with van der Waals surface area (Å²) in [5.41, 5.74) is 0. The van der Waals surface area contributed by atoms with Gasteiger partial charge in [-0.15, -0.1) is 10.2 Å². The Morgan fingerprint density at radius 1 is 1.28 bits per heavy atom. The molecule has 6 nitrogen and oxygen atoms in total. The number of nitrogens with one attached hydrogen (secondary N) is 2. The molecule has 1 aliphatic rings. The lowest BCUT2D eigenvalue weighted by Gasteiger charge is -2.21. The Morgan fingerprint density at radius 2 is 2.08 bits per heavy atom. The third-order valence-electron chi connectivity index (χ3n) is 3.73. The molecule has 25 heavy (non-hydrogen) atoms. The van der Waals surface area contributed by atoms with Crippen LogP contribution < -0.4 is 10.6 Å². The van der Waals surface area contributed by atoms with Gasteiger partial charge >= 0.3 is 0 Å². The first-order valence-electron chi connectivity index (χ1n) is 7.94. The van der Waals surface area contributed by atoms with Gasteiger partial charge < -0.3 is 10.6 Å². The molecule has 0 spiro atoms. The molecule has 0 bridgehead atoms. The number of nitrogens with zero attached hydrogens (tertiary/aromatic N) is 3. The van der Waals surface area contributed by atoms with Gasteiger partial charge in [0.15, 0.2) is 10.2 Å². The van der Waals surface area contributed by atoms with Gasteiger partial charge in [-0.25, -0.2) is 4.98 Å². The van der Waals surface area contributed by atoms with E-state index in [-0.39, 0.29) is 11.7 Å². The second-order valence-electron chi connectivity index (χ2n) is 5.67. The Hall–Kier alpha value is -1.09. The van der Waals surface area contributed by atoms with E-state index >= 15 is 0 Å². The van der Waals surface area contributed by atoms with Crippen LogP contribution in [-0.2, 0) is 4.79 Å². The van der Waals surface area contributed by atoms with Crippen LogP contribution in [0.1, 0.15) is 32.1 Å². The van der Waals surface area contributed by atoms with Crippen molar-refractivity contribution in [2.45, 2.75) is 42.5 Å². The highest BCUT2D eigenvalue weighted by Crippen LogP contribution is 2.29. The van der Waals surface area contributed by atoms with E-state index in [1.807, 2.05) is 0 Å². The maximum absolute atomic E-state index is 12.0. The third kappa shape index (κ3) is 5.70. The Balaban J connectivity index is 1.47. The quantitative estimate of drug-likeness (QED) is 0.661. The lowest BCUT2D eigenvalue weighted by Crippen LogP contribution is -2.21. The third-order valence-corrected chi connectivity index (χ3v) is 6.21. The average Bonchev–Trinajstić information content (AvgIpc) is 3.04. The van der Waals surface area contributed by atoms with Crippen LogP contribution in [-0.4, -0.2) is 32.9 Å². The molecule has 2 N–H and O–H groups in total. The van der Waals surface area contributed by atoms with Crippen molar-refractivity contribution in [1.82, 2.24) is 15.2 Å². The van der Waals surface area contributed by atoms with Gasteiger partial charge in [0.25, 0.3) is 0 Å². The second-order valence-corrected chi connectivity index (χ2v) is 8.72. The topological polar surface area (TPSA) is 79.8 Å². The molecule has 134 valence electrons. The fraction of sp³-hybridized carbons (Fsp3) is 0.467. The summed E-state index contributed by atoms with van der Waals surface area (Å²) < 4.78 is 0.753. The molecule has 2 aromatic heterocycles. The van der Waals surface area contributed by atoms with Gasteiger partial charge in [0.1, 0.15) is 0 Å². The SMILES string of the molecule is O=C(CSc1nnc(NC2CCCCC2)s1)Nc1ncc(Cl)cc1Cl. The summed E-state index contributed by atoms with van der Waals surface area (Å²) in [6.45, 7) is 0. The molecule has 1 fully saturated rings. The number of carbonyl (C=O) groups excluding carboxylic acids is 1. The van der Waals surface area contributed by atoms with Crippen LogP contribution >= 0.6 is 46.3 Å². The minimum Gasteiger partial charge on any atom is -0.357 e. The maximum atomic E-state index is 12.0. The zero-order chi connectivity index (χ0) is 17.6. The molecule has 0 unspecified atom stereocenters. The minimum absolute atomic E-state index is 0.207. The Labute approximate surface area is 164 Å². The largest absolute Gasteiger partial charge is 0.357 e.